The van der Waals surface area contributed by atoms with Crippen molar-refractivity contribution in [2.45, 2.75) is 33.6 Å². The first-order chi connectivity index (χ1) is 9.11. The highest BCUT2D eigenvalue weighted by atomic mass is 16.5. The Bertz CT molecular complexity index is 425. The van der Waals surface area contributed by atoms with Crippen molar-refractivity contribution in [2.75, 3.05) is 19.0 Å². The van der Waals surface area contributed by atoms with Crippen molar-refractivity contribution in [2.24, 2.45) is 0 Å². The molecule has 1 rings (SSSR count). The number of rotatable bonds is 7. The Morgan fingerprint density at radius 1 is 1.11 bits per heavy atom. The number of ether oxygens (including phenoxy) is 1. The number of anilines is 1. The number of benzene rings is 1. The van der Waals surface area contributed by atoms with Crippen LogP contribution in [-0.4, -0.2) is 13.7 Å². The molecule has 0 atom stereocenters. The van der Waals surface area contributed by atoms with E-state index < -0.39 is 0 Å². The van der Waals surface area contributed by atoms with E-state index in [0.717, 1.165) is 30.8 Å². The van der Waals surface area contributed by atoms with Gasteiger partial charge in [-0.15, -0.1) is 0 Å². The standard InChI is InChI=1S/C17H25NO/c1-14(2)6-5-7-15(3)12-13-18-16-8-10-17(19-4)11-9-16/h6,8-12,18H,5,7,13H2,1-4H3/b15-12+. The maximum absolute atomic E-state index is 5.13. The maximum atomic E-state index is 5.13. The van der Waals surface area contributed by atoms with Crippen molar-refractivity contribution < 1.29 is 4.74 Å². The number of hydrogen-bond acceptors (Lipinski definition) is 2. The molecule has 104 valence electrons. The molecule has 0 aliphatic rings. The van der Waals surface area contributed by atoms with Crippen LogP contribution >= 0.6 is 0 Å². The molecule has 0 aliphatic carbocycles. The van der Waals surface area contributed by atoms with Gasteiger partial charge in [-0.1, -0.05) is 23.3 Å². The first kappa shape index (κ1) is 15.4. The van der Waals surface area contributed by atoms with Gasteiger partial charge in [-0.2, -0.15) is 0 Å². The molecular weight excluding hydrogens is 234 g/mol. The van der Waals surface area contributed by atoms with E-state index in [9.17, 15) is 0 Å². The van der Waals surface area contributed by atoms with E-state index in [1.54, 1.807) is 7.11 Å². The van der Waals surface area contributed by atoms with E-state index in [2.05, 4.69) is 38.2 Å². The van der Waals surface area contributed by atoms with Crippen molar-refractivity contribution in [1.29, 1.82) is 0 Å². The summed E-state index contributed by atoms with van der Waals surface area (Å²) in [4.78, 5) is 0. The summed E-state index contributed by atoms with van der Waals surface area (Å²) < 4.78 is 5.13. The zero-order chi connectivity index (χ0) is 14.1. The quantitative estimate of drug-likeness (QED) is 0.710. The summed E-state index contributed by atoms with van der Waals surface area (Å²) in [7, 11) is 1.68. The van der Waals surface area contributed by atoms with Gasteiger partial charge in [0.1, 0.15) is 5.75 Å². The fourth-order valence-electron chi connectivity index (χ4n) is 1.74. The highest BCUT2D eigenvalue weighted by Crippen LogP contribution is 2.15. The third-order valence-corrected chi connectivity index (χ3v) is 2.94. The Labute approximate surface area is 117 Å². The van der Waals surface area contributed by atoms with Crippen LogP contribution < -0.4 is 10.1 Å². The van der Waals surface area contributed by atoms with Gasteiger partial charge in [-0.25, -0.2) is 0 Å². The van der Waals surface area contributed by atoms with E-state index in [-0.39, 0.29) is 0 Å². The Kier molecular flexibility index (Phi) is 6.80. The van der Waals surface area contributed by atoms with Gasteiger partial charge in [0.2, 0.25) is 0 Å². The summed E-state index contributed by atoms with van der Waals surface area (Å²) in [6, 6.07) is 8.00. The third kappa shape index (κ3) is 6.70. The Morgan fingerprint density at radius 2 is 1.79 bits per heavy atom. The van der Waals surface area contributed by atoms with Crippen molar-refractivity contribution in [3.8, 4) is 5.75 Å². The lowest BCUT2D eigenvalue weighted by Crippen LogP contribution is -1.99. The van der Waals surface area contributed by atoms with Crippen LogP contribution in [0.4, 0.5) is 5.69 Å². The summed E-state index contributed by atoms with van der Waals surface area (Å²) in [6.07, 6.45) is 6.81. The largest absolute Gasteiger partial charge is 0.497 e. The van der Waals surface area contributed by atoms with Crippen LogP contribution in [0.2, 0.25) is 0 Å². The number of hydrogen-bond donors (Lipinski definition) is 1. The van der Waals surface area contributed by atoms with Crippen LogP contribution in [0.3, 0.4) is 0 Å². The van der Waals surface area contributed by atoms with E-state index in [1.165, 1.54) is 11.1 Å². The zero-order valence-electron chi connectivity index (χ0n) is 12.5. The van der Waals surface area contributed by atoms with Crippen LogP contribution in [0.15, 0.2) is 47.6 Å². The molecule has 0 saturated carbocycles. The second-order valence-electron chi connectivity index (χ2n) is 4.98. The minimum absolute atomic E-state index is 0.868. The Morgan fingerprint density at radius 3 is 2.37 bits per heavy atom. The summed E-state index contributed by atoms with van der Waals surface area (Å²) >= 11 is 0. The number of nitrogens with one attached hydrogen (secondary N) is 1. The van der Waals surface area contributed by atoms with Gasteiger partial charge >= 0.3 is 0 Å². The molecule has 2 heteroatoms. The third-order valence-electron chi connectivity index (χ3n) is 2.94. The molecule has 2 nitrogen and oxygen atoms in total. The SMILES string of the molecule is COc1ccc(NC/C=C(\C)CCC=C(C)C)cc1. The second kappa shape index (κ2) is 8.41. The second-order valence-corrected chi connectivity index (χ2v) is 4.98. The average Bonchev–Trinajstić information content (AvgIpc) is 2.39. The van der Waals surface area contributed by atoms with Gasteiger partial charge in [-0.05, 0) is 57.9 Å². The highest BCUT2D eigenvalue weighted by Gasteiger charge is 1.93. The van der Waals surface area contributed by atoms with Crippen molar-refractivity contribution in [3.63, 3.8) is 0 Å². The topological polar surface area (TPSA) is 21.3 Å². The van der Waals surface area contributed by atoms with E-state index >= 15 is 0 Å². The van der Waals surface area contributed by atoms with Crippen LogP contribution in [0.1, 0.15) is 33.6 Å². The van der Waals surface area contributed by atoms with Crippen LogP contribution in [0, 0.1) is 0 Å². The van der Waals surface area contributed by atoms with E-state index in [4.69, 9.17) is 4.74 Å². The molecule has 1 N–H and O–H groups in total. The summed E-state index contributed by atoms with van der Waals surface area (Å²) in [5.74, 6) is 0.888. The monoisotopic (exact) mass is 259 g/mol. The molecule has 1 aromatic carbocycles. The predicted molar refractivity (Wildman–Crippen MR) is 83.9 cm³/mol. The molecule has 0 spiro atoms. The molecule has 0 bridgehead atoms. The van der Waals surface area contributed by atoms with Gasteiger partial charge in [0, 0.05) is 12.2 Å². The normalized spacial score (nSPS) is 11.1. The smallest absolute Gasteiger partial charge is 0.119 e. The molecular formula is C17H25NO. The molecule has 0 fully saturated rings. The molecule has 0 unspecified atom stereocenters. The fourth-order valence-corrected chi connectivity index (χ4v) is 1.74. The Hall–Kier alpha value is -1.70. The lowest BCUT2D eigenvalue weighted by atomic mass is 10.1. The van der Waals surface area contributed by atoms with Crippen molar-refractivity contribution in [1.82, 2.24) is 0 Å². The molecule has 0 radical (unpaired) electrons. The lowest BCUT2D eigenvalue weighted by Gasteiger charge is -2.06. The van der Waals surface area contributed by atoms with Gasteiger partial charge in [-0.3, -0.25) is 0 Å². The van der Waals surface area contributed by atoms with E-state index in [0.29, 0.717) is 0 Å². The Balaban J connectivity index is 2.33. The van der Waals surface area contributed by atoms with Gasteiger partial charge in [0.05, 0.1) is 7.11 Å². The number of methoxy groups -OCH3 is 1. The molecule has 0 amide bonds. The molecule has 0 aliphatic heterocycles. The molecule has 19 heavy (non-hydrogen) atoms. The van der Waals surface area contributed by atoms with Crippen LogP contribution in [0.25, 0.3) is 0 Å². The maximum Gasteiger partial charge on any atom is 0.119 e. The molecule has 0 saturated heterocycles. The van der Waals surface area contributed by atoms with E-state index in [1.807, 2.05) is 24.3 Å². The van der Waals surface area contributed by atoms with Crippen LogP contribution in [-0.2, 0) is 0 Å². The zero-order valence-corrected chi connectivity index (χ0v) is 12.5. The first-order valence-corrected chi connectivity index (χ1v) is 6.78. The lowest BCUT2D eigenvalue weighted by molar-refractivity contribution is 0.415. The minimum atomic E-state index is 0.868. The molecule has 0 heterocycles. The van der Waals surface area contributed by atoms with Gasteiger partial charge in [0.15, 0.2) is 0 Å². The number of allylic oxidation sites excluding steroid dienone is 3. The van der Waals surface area contributed by atoms with Crippen molar-refractivity contribution in [3.05, 3.63) is 47.6 Å². The van der Waals surface area contributed by atoms with Gasteiger partial charge in [0.25, 0.3) is 0 Å². The highest BCUT2D eigenvalue weighted by molar-refractivity contribution is 5.46. The summed E-state index contributed by atoms with van der Waals surface area (Å²) in [6.45, 7) is 7.34. The molecule has 0 aromatic heterocycles. The van der Waals surface area contributed by atoms with Crippen molar-refractivity contribution >= 4 is 5.69 Å². The minimum Gasteiger partial charge on any atom is -0.497 e. The first-order valence-electron chi connectivity index (χ1n) is 6.78. The van der Waals surface area contributed by atoms with Gasteiger partial charge < -0.3 is 10.1 Å². The van der Waals surface area contributed by atoms with Crippen LogP contribution in [0.5, 0.6) is 5.75 Å². The molecule has 1 aromatic rings. The predicted octanol–water partition coefficient (Wildman–Crippen LogP) is 4.80. The average molecular weight is 259 g/mol. The fraction of sp³-hybridized carbons (Fsp3) is 0.412. The summed E-state index contributed by atoms with van der Waals surface area (Å²) in [5.41, 5.74) is 3.94. The summed E-state index contributed by atoms with van der Waals surface area (Å²) in [5, 5.41) is 3.38.